The Balaban J connectivity index is 2.04. The van der Waals surface area contributed by atoms with E-state index >= 15 is 0 Å². The first-order valence-electron chi connectivity index (χ1n) is 7.11. The van der Waals surface area contributed by atoms with Crippen molar-refractivity contribution in [2.75, 3.05) is 32.5 Å². The number of anilines is 1. The Bertz CT molecular complexity index is 583. The number of nitrogen functional groups attached to an aromatic ring is 1. The minimum absolute atomic E-state index is 0.0944. The monoisotopic (exact) mass is 313 g/mol. The number of rotatable bonds is 6. The van der Waals surface area contributed by atoms with E-state index in [2.05, 4.69) is 9.62 Å². The molecule has 0 radical (unpaired) electrons. The second-order valence-electron chi connectivity index (χ2n) is 5.35. The average Bonchev–Trinajstić information content (AvgIpc) is 2.98. The van der Waals surface area contributed by atoms with Crippen LogP contribution in [0.25, 0.3) is 0 Å². The van der Waals surface area contributed by atoms with Gasteiger partial charge in [0.05, 0.1) is 12.8 Å². The number of likely N-dealkylation sites (tertiary alicyclic amines) is 1. The van der Waals surface area contributed by atoms with Gasteiger partial charge >= 0.3 is 0 Å². The molecule has 1 saturated heterocycles. The third-order valence-electron chi connectivity index (χ3n) is 3.84. The molecule has 0 bridgehead atoms. The molecule has 1 aliphatic rings. The number of benzene rings is 1. The van der Waals surface area contributed by atoms with Crippen molar-refractivity contribution >= 4 is 15.7 Å². The second kappa shape index (κ2) is 6.64. The highest BCUT2D eigenvalue weighted by atomic mass is 32.2. The Morgan fingerprint density at radius 3 is 2.62 bits per heavy atom. The molecule has 6 nitrogen and oxygen atoms in total. The lowest BCUT2D eigenvalue weighted by atomic mass is 10.3. The van der Waals surface area contributed by atoms with Gasteiger partial charge in [-0.05, 0) is 45.0 Å². The van der Waals surface area contributed by atoms with Crippen molar-refractivity contribution in [3.8, 4) is 5.75 Å². The number of methoxy groups -OCH3 is 1. The highest BCUT2D eigenvalue weighted by Gasteiger charge is 2.22. The molecule has 7 heteroatoms. The number of nitrogens with zero attached hydrogens (tertiary/aromatic N) is 1. The maximum absolute atomic E-state index is 12.3. The predicted octanol–water partition coefficient (Wildman–Crippen LogP) is 1.04. The van der Waals surface area contributed by atoms with Crippen LogP contribution in [0.15, 0.2) is 23.1 Å². The standard InChI is InChI=1S/C14H23N3O3S/c1-11(17-7-3-4-8-17)10-16-21(18,19)14-6-5-12(20-2)9-13(14)15/h5-6,9,11,16H,3-4,7-8,10,15H2,1-2H3. The van der Waals surface area contributed by atoms with E-state index in [4.69, 9.17) is 10.5 Å². The Kier molecular flexibility index (Phi) is 5.08. The zero-order valence-corrected chi connectivity index (χ0v) is 13.3. The van der Waals surface area contributed by atoms with Crippen LogP contribution in [0.2, 0.25) is 0 Å². The Hall–Kier alpha value is -1.31. The fraction of sp³-hybridized carbons (Fsp3) is 0.571. The number of nitrogens with two attached hydrogens (primary N) is 1. The quantitative estimate of drug-likeness (QED) is 0.767. The van der Waals surface area contributed by atoms with Crippen LogP contribution >= 0.6 is 0 Å². The summed E-state index contributed by atoms with van der Waals surface area (Å²) in [6.07, 6.45) is 2.37. The third-order valence-corrected chi connectivity index (χ3v) is 5.34. The van der Waals surface area contributed by atoms with Gasteiger partial charge in [0.1, 0.15) is 10.6 Å². The van der Waals surface area contributed by atoms with Crippen molar-refractivity contribution in [3.05, 3.63) is 18.2 Å². The van der Waals surface area contributed by atoms with Crippen LogP contribution in [0.4, 0.5) is 5.69 Å². The fourth-order valence-electron chi connectivity index (χ4n) is 2.52. The molecule has 2 rings (SSSR count). The Morgan fingerprint density at radius 1 is 1.38 bits per heavy atom. The number of ether oxygens (including phenoxy) is 1. The lowest BCUT2D eigenvalue weighted by Gasteiger charge is -2.24. The normalized spacial score (nSPS) is 17.8. The summed E-state index contributed by atoms with van der Waals surface area (Å²) >= 11 is 0. The second-order valence-corrected chi connectivity index (χ2v) is 7.08. The fourth-order valence-corrected chi connectivity index (χ4v) is 3.75. The molecule has 0 saturated carbocycles. The highest BCUT2D eigenvalue weighted by Crippen LogP contribution is 2.23. The number of sulfonamides is 1. The van der Waals surface area contributed by atoms with Crippen LogP contribution in [-0.4, -0.2) is 46.1 Å². The summed E-state index contributed by atoms with van der Waals surface area (Å²) in [6.45, 7) is 4.49. The number of hydrogen-bond donors (Lipinski definition) is 2. The first-order valence-corrected chi connectivity index (χ1v) is 8.59. The summed E-state index contributed by atoms with van der Waals surface area (Å²) in [4.78, 5) is 2.39. The first-order chi connectivity index (χ1) is 9.94. The molecule has 1 aromatic carbocycles. The number of hydrogen-bond acceptors (Lipinski definition) is 5. The van der Waals surface area contributed by atoms with Gasteiger partial charge in [-0.3, -0.25) is 4.90 Å². The van der Waals surface area contributed by atoms with Crippen LogP contribution in [0.5, 0.6) is 5.75 Å². The van der Waals surface area contributed by atoms with Gasteiger partial charge in [0.25, 0.3) is 0 Å². The minimum atomic E-state index is -3.60. The molecule has 0 aromatic heterocycles. The minimum Gasteiger partial charge on any atom is -0.497 e. The molecule has 1 fully saturated rings. The zero-order valence-electron chi connectivity index (χ0n) is 12.5. The van der Waals surface area contributed by atoms with E-state index in [1.165, 1.54) is 32.1 Å². The van der Waals surface area contributed by atoms with Crippen molar-refractivity contribution < 1.29 is 13.2 Å². The van der Waals surface area contributed by atoms with E-state index in [1.54, 1.807) is 6.07 Å². The van der Waals surface area contributed by atoms with Crippen molar-refractivity contribution in [2.45, 2.75) is 30.7 Å². The predicted molar refractivity (Wildman–Crippen MR) is 82.9 cm³/mol. The molecular formula is C14H23N3O3S. The summed E-state index contributed by atoms with van der Waals surface area (Å²) < 4.78 is 32.3. The van der Waals surface area contributed by atoms with Gasteiger partial charge < -0.3 is 10.5 Å². The lowest BCUT2D eigenvalue weighted by Crippen LogP contribution is -2.40. The summed E-state index contributed by atoms with van der Waals surface area (Å²) in [7, 11) is -2.08. The molecule has 21 heavy (non-hydrogen) atoms. The molecule has 0 spiro atoms. The largest absolute Gasteiger partial charge is 0.497 e. The van der Waals surface area contributed by atoms with Crippen molar-refractivity contribution in [3.63, 3.8) is 0 Å². The summed E-state index contributed by atoms with van der Waals surface area (Å²) in [5, 5.41) is 0. The molecule has 1 aliphatic heterocycles. The third kappa shape index (κ3) is 3.87. The summed E-state index contributed by atoms with van der Waals surface area (Å²) in [6, 6.07) is 4.76. The molecule has 0 amide bonds. The van der Waals surface area contributed by atoms with E-state index in [0.29, 0.717) is 12.3 Å². The molecule has 3 N–H and O–H groups in total. The van der Waals surface area contributed by atoms with Crippen LogP contribution in [0.1, 0.15) is 19.8 Å². The van der Waals surface area contributed by atoms with E-state index in [9.17, 15) is 8.42 Å². The number of nitrogens with one attached hydrogen (secondary N) is 1. The van der Waals surface area contributed by atoms with Crippen LogP contribution in [0, 0.1) is 0 Å². The molecule has 1 aromatic rings. The smallest absolute Gasteiger partial charge is 0.242 e. The molecule has 1 heterocycles. The van der Waals surface area contributed by atoms with Gasteiger partial charge in [0.15, 0.2) is 0 Å². The molecule has 0 aliphatic carbocycles. The molecule has 118 valence electrons. The Labute approximate surface area is 126 Å². The zero-order chi connectivity index (χ0) is 15.5. The Morgan fingerprint density at radius 2 is 2.05 bits per heavy atom. The first kappa shape index (κ1) is 16.1. The lowest BCUT2D eigenvalue weighted by molar-refractivity contribution is 0.260. The SMILES string of the molecule is COc1ccc(S(=O)(=O)NCC(C)N2CCCC2)c(N)c1. The van der Waals surface area contributed by atoms with Crippen molar-refractivity contribution in [1.29, 1.82) is 0 Å². The van der Waals surface area contributed by atoms with Gasteiger partial charge in [-0.2, -0.15) is 0 Å². The van der Waals surface area contributed by atoms with Gasteiger partial charge in [0.2, 0.25) is 10.0 Å². The van der Waals surface area contributed by atoms with Gasteiger partial charge in [-0.1, -0.05) is 0 Å². The molecule has 1 atom stereocenters. The van der Waals surface area contributed by atoms with Crippen LogP contribution < -0.4 is 15.2 Å². The maximum atomic E-state index is 12.3. The van der Waals surface area contributed by atoms with Crippen LogP contribution in [0.3, 0.4) is 0 Å². The summed E-state index contributed by atoms with van der Waals surface area (Å²) in [5.74, 6) is 0.539. The summed E-state index contributed by atoms with van der Waals surface area (Å²) in [5.41, 5.74) is 5.99. The van der Waals surface area contributed by atoms with E-state index < -0.39 is 10.0 Å². The van der Waals surface area contributed by atoms with Gasteiger partial charge in [0, 0.05) is 18.7 Å². The maximum Gasteiger partial charge on any atom is 0.242 e. The van der Waals surface area contributed by atoms with Gasteiger partial charge in [-0.25, -0.2) is 13.1 Å². The van der Waals surface area contributed by atoms with E-state index in [1.807, 2.05) is 6.92 Å². The molecule has 1 unspecified atom stereocenters. The van der Waals surface area contributed by atoms with E-state index in [-0.39, 0.29) is 16.6 Å². The molecular weight excluding hydrogens is 290 g/mol. The average molecular weight is 313 g/mol. The van der Waals surface area contributed by atoms with Gasteiger partial charge in [-0.15, -0.1) is 0 Å². The van der Waals surface area contributed by atoms with E-state index in [0.717, 1.165) is 13.1 Å². The van der Waals surface area contributed by atoms with Crippen molar-refractivity contribution in [2.24, 2.45) is 0 Å². The highest BCUT2D eigenvalue weighted by molar-refractivity contribution is 7.89. The van der Waals surface area contributed by atoms with Crippen molar-refractivity contribution in [1.82, 2.24) is 9.62 Å². The topological polar surface area (TPSA) is 84.7 Å². The van der Waals surface area contributed by atoms with Crippen LogP contribution in [-0.2, 0) is 10.0 Å².